The highest BCUT2D eigenvalue weighted by molar-refractivity contribution is 5.69. The number of morpholine rings is 1. The number of hydrogen-bond donors (Lipinski definition) is 0. The molecule has 0 bridgehead atoms. The molecule has 0 N–H and O–H groups in total. The second-order valence-corrected chi connectivity index (χ2v) is 9.48. The number of benzene rings is 2. The number of nitrogens with zero attached hydrogens (tertiary/aromatic N) is 2. The van der Waals surface area contributed by atoms with Crippen LogP contribution >= 0.6 is 0 Å². The summed E-state index contributed by atoms with van der Waals surface area (Å²) >= 11 is 0. The molecule has 4 nitrogen and oxygen atoms in total. The van der Waals surface area contributed by atoms with Crippen molar-refractivity contribution in [1.82, 2.24) is 9.88 Å². The fourth-order valence-corrected chi connectivity index (χ4v) is 5.24. The van der Waals surface area contributed by atoms with Gasteiger partial charge in [-0.2, -0.15) is 0 Å². The largest absolute Gasteiger partial charge is 0.380 e. The fraction of sp³-hybridized carbons (Fsp3) is 0.433. The number of aromatic nitrogens is 1. The molecule has 1 atom stereocenters. The van der Waals surface area contributed by atoms with Crippen molar-refractivity contribution in [3.63, 3.8) is 0 Å². The van der Waals surface area contributed by atoms with Gasteiger partial charge in [0.1, 0.15) is 5.60 Å². The van der Waals surface area contributed by atoms with Gasteiger partial charge in [0.2, 0.25) is 0 Å². The van der Waals surface area contributed by atoms with Crippen LogP contribution in [0.25, 0.3) is 11.3 Å². The first-order valence-electron chi connectivity index (χ1n) is 12.5. The smallest absolute Gasteiger partial charge is 0.103 e. The van der Waals surface area contributed by atoms with Crippen molar-refractivity contribution >= 4 is 0 Å². The summed E-state index contributed by atoms with van der Waals surface area (Å²) in [5.74, 6) is 0. The highest BCUT2D eigenvalue weighted by Crippen LogP contribution is 2.33. The fourth-order valence-electron chi connectivity index (χ4n) is 5.24. The number of pyridine rings is 1. The van der Waals surface area contributed by atoms with Crippen molar-refractivity contribution in [3.8, 4) is 11.3 Å². The van der Waals surface area contributed by atoms with Gasteiger partial charge in [-0.1, -0.05) is 62.4 Å². The van der Waals surface area contributed by atoms with Gasteiger partial charge in [-0.25, -0.2) is 0 Å². The average molecular weight is 459 g/mol. The molecular formula is C30H38N2O2. The van der Waals surface area contributed by atoms with Crippen LogP contribution in [0.2, 0.25) is 0 Å². The van der Waals surface area contributed by atoms with Crippen molar-refractivity contribution in [3.05, 3.63) is 88.1 Å². The van der Waals surface area contributed by atoms with E-state index in [-0.39, 0.29) is 5.60 Å². The highest BCUT2D eigenvalue weighted by Gasteiger charge is 2.34. The molecule has 0 spiro atoms. The third-order valence-electron chi connectivity index (χ3n) is 7.10. The summed E-state index contributed by atoms with van der Waals surface area (Å²) in [6, 6.07) is 19.5. The van der Waals surface area contributed by atoms with Crippen LogP contribution in [-0.2, 0) is 41.1 Å². The van der Waals surface area contributed by atoms with Gasteiger partial charge in [0.25, 0.3) is 0 Å². The van der Waals surface area contributed by atoms with Crippen LogP contribution in [0.15, 0.2) is 54.6 Å². The molecule has 4 rings (SSSR count). The Morgan fingerprint density at radius 1 is 1.00 bits per heavy atom. The van der Waals surface area contributed by atoms with E-state index in [1.807, 2.05) is 0 Å². The monoisotopic (exact) mass is 458 g/mol. The first-order valence-corrected chi connectivity index (χ1v) is 12.5. The van der Waals surface area contributed by atoms with Crippen molar-refractivity contribution in [2.75, 3.05) is 26.8 Å². The van der Waals surface area contributed by atoms with Crippen molar-refractivity contribution in [2.45, 2.75) is 59.3 Å². The van der Waals surface area contributed by atoms with E-state index in [9.17, 15) is 0 Å². The van der Waals surface area contributed by atoms with E-state index in [1.54, 1.807) is 7.11 Å². The maximum Gasteiger partial charge on any atom is 0.103 e. The third kappa shape index (κ3) is 5.10. The molecule has 34 heavy (non-hydrogen) atoms. The highest BCUT2D eigenvalue weighted by atomic mass is 16.5. The van der Waals surface area contributed by atoms with Gasteiger partial charge < -0.3 is 9.47 Å². The van der Waals surface area contributed by atoms with Gasteiger partial charge >= 0.3 is 0 Å². The molecular weight excluding hydrogens is 420 g/mol. The second kappa shape index (κ2) is 10.8. The molecule has 1 saturated heterocycles. The molecule has 180 valence electrons. The Bertz CT molecular complexity index is 1090. The van der Waals surface area contributed by atoms with Gasteiger partial charge in [0.05, 0.1) is 18.9 Å². The van der Waals surface area contributed by atoms with Crippen molar-refractivity contribution in [2.24, 2.45) is 0 Å². The molecule has 2 heterocycles. The van der Waals surface area contributed by atoms with Gasteiger partial charge in [0, 0.05) is 38.0 Å². The minimum Gasteiger partial charge on any atom is -0.380 e. The van der Waals surface area contributed by atoms with Crippen LogP contribution in [0.5, 0.6) is 0 Å². The van der Waals surface area contributed by atoms with Crippen LogP contribution in [0.3, 0.4) is 0 Å². The van der Waals surface area contributed by atoms with Crippen LogP contribution in [0.4, 0.5) is 0 Å². The second-order valence-electron chi connectivity index (χ2n) is 9.48. The molecule has 1 aromatic heterocycles. The van der Waals surface area contributed by atoms with E-state index < -0.39 is 0 Å². The summed E-state index contributed by atoms with van der Waals surface area (Å²) in [4.78, 5) is 7.65. The molecule has 0 aliphatic carbocycles. The Morgan fingerprint density at radius 2 is 1.71 bits per heavy atom. The lowest BCUT2D eigenvalue weighted by atomic mass is 9.92. The quantitative estimate of drug-likeness (QED) is 0.410. The van der Waals surface area contributed by atoms with E-state index in [0.29, 0.717) is 6.61 Å². The summed E-state index contributed by atoms with van der Waals surface area (Å²) in [6.45, 7) is 12.7. The summed E-state index contributed by atoms with van der Waals surface area (Å²) in [5, 5.41) is 0. The number of hydrogen-bond acceptors (Lipinski definition) is 4. The maximum absolute atomic E-state index is 6.27. The van der Waals surface area contributed by atoms with Gasteiger partial charge in [-0.3, -0.25) is 9.88 Å². The number of methoxy groups -OCH3 is 1. The Morgan fingerprint density at radius 3 is 2.35 bits per heavy atom. The predicted molar refractivity (Wildman–Crippen MR) is 139 cm³/mol. The molecule has 4 heteroatoms. The van der Waals surface area contributed by atoms with E-state index in [2.05, 4.69) is 87.2 Å². The lowest BCUT2D eigenvalue weighted by molar-refractivity contribution is -0.105. The average Bonchev–Trinajstić information content (AvgIpc) is 2.86. The van der Waals surface area contributed by atoms with Gasteiger partial charge in [0.15, 0.2) is 0 Å². The normalized spacial score (nSPS) is 18.9. The number of aryl methyl sites for hydroxylation is 3. The Hall–Kier alpha value is -2.53. The minimum atomic E-state index is -0.307. The van der Waals surface area contributed by atoms with Crippen LogP contribution in [-0.4, -0.2) is 36.7 Å². The molecule has 1 aliphatic rings. The molecule has 1 aliphatic heterocycles. The van der Waals surface area contributed by atoms with Crippen LogP contribution in [0.1, 0.15) is 54.3 Å². The zero-order valence-electron chi connectivity index (χ0n) is 21.4. The first kappa shape index (κ1) is 24.6. The summed E-state index contributed by atoms with van der Waals surface area (Å²) in [6.07, 6.45) is 1.99. The Kier molecular flexibility index (Phi) is 7.82. The molecule has 1 fully saturated rings. The van der Waals surface area contributed by atoms with E-state index in [4.69, 9.17) is 14.5 Å². The van der Waals surface area contributed by atoms with Crippen molar-refractivity contribution in [1.29, 1.82) is 0 Å². The molecule has 3 aromatic rings. The first-order chi connectivity index (χ1) is 16.5. The summed E-state index contributed by atoms with van der Waals surface area (Å²) < 4.78 is 11.9. The maximum atomic E-state index is 6.27. The van der Waals surface area contributed by atoms with E-state index in [0.717, 1.165) is 50.5 Å². The lowest BCUT2D eigenvalue weighted by Crippen LogP contribution is -2.47. The third-order valence-corrected chi connectivity index (χ3v) is 7.10. The molecule has 1 unspecified atom stereocenters. The Balaban J connectivity index is 1.67. The molecule has 0 radical (unpaired) electrons. The standard InChI is InChI=1S/C30H38N2O2/c1-6-23-12-11-13-24(7-2)29(23)28-18-25(20-33-5)27(22(3)31-28)19-32-16-17-34-30(4,21-32)26-14-9-8-10-15-26/h8-15,18H,6-7,16-17,19-21H2,1-5H3. The molecule has 0 amide bonds. The zero-order chi connectivity index (χ0) is 24.1. The topological polar surface area (TPSA) is 34.6 Å². The number of rotatable bonds is 8. The summed E-state index contributed by atoms with van der Waals surface area (Å²) in [5.41, 5.74) is 9.58. The minimum absolute atomic E-state index is 0.307. The van der Waals surface area contributed by atoms with E-state index >= 15 is 0 Å². The summed E-state index contributed by atoms with van der Waals surface area (Å²) in [7, 11) is 1.78. The van der Waals surface area contributed by atoms with Gasteiger partial charge in [-0.05, 0) is 60.6 Å². The SMILES string of the molecule is CCc1cccc(CC)c1-c1cc(COC)c(CN2CCOC(C)(c3ccccc3)C2)c(C)n1. The van der Waals surface area contributed by atoms with Crippen LogP contribution < -0.4 is 0 Å². The van der Waals surface area contributed by atoms with E-state index in [1.165, 1.54) is 33.4 Å². The van der Waals surface area contributed by atoms with Gasteiger partial charge in [-0.15, -0.1) is 0 Å². The molecule has 2 aromatic carbocycles. The Labute approximate surface area is 204 Å². The molecule has 0 saturated carbocycles. The van der Waals surface area contributed by atoms with Crippen LogP contribution in [0, 0.1) is 6.92 Å². The predicted octanol–water partition coefficient (Wildman–Crippen LogP) is 6.08. The lowest BCUT2D eigenvalue weighted by Gasteiger charge is -2.41. The zero-order valence-corrected chi connectivity index (χ0v) is 21.4. The number of ether oxygens (including phenoxy) is 2. The van der Waals surface area contributed by atoms with Crippen molar-refractivity contribution < 1.29 is 9.47 Å².